The minimum absolute atomic E-state index is 0.0909. The fourth-order valence-electron chi connectivity index (χ4n) is 3.15. The molecule has 1 amide bonds. The molecule has 1 saturated carbocycles. The predicted molar refractivity (Wildman–Crippen MR) is 70.9 cm³/mol. The summed E-state index contributed by atoms with van der Waals surface area (Å²) in [6.07, 6.45) is 4.94. The van der Waals surface area contributed by atoms with E-state index < -0.39 is 0 Å². The summed E-state index contributed by atoms with van der Waals surface area (Å²) in [4.78, 5) is 14.1. The molecule has 1 fully saturated rings. The van der Waals surface area contributed by atoms with Crippen molar-refractivity contribution >= 4 is 17.4 Å². The average molecular weight is 248 g/mol. The summed E-state index contributed by atoms with van der Waals surface area (Å²) in [6.45, 7) is 5.37. The van der Waals surface area contributed by atoms with Crippen LogP contribution in [-0.2, 0) is 11.3 Å². The van der Waals surface area contributed by atoms with Crippen LogP contribution in [0.5, 0.6) is 0 Å². The lowest BCUT2D eigenvalue weighted by atomic mass is 10.1. The Labute approximate surface area is 107 Å². The maximum atomic E-state index is 11.9. The van der Waals surface area contributed by atoms with Gasteiger partial charge >= 0.3 is 0 Å². The molecule has 1 aromatic heterocycles. The highest BCUT2D eigenvalue weighted by Gasteiger charge is 2.33. The van der Waals surface area contributed by atoms with E-state index in [0.29, 0.717) is 12.6 Å². The van der Waals surface area contributed by atoms with E-state index >= 15 is 0 Å². The zero-order valence-corrected chi connectivity index (χ0v) is 11.1. The van der Waals surface area contributed by atoms with Gasteiger partial charge in [0.15, 0.2) is 5.82 Å². The van der Waals surface area contributed by atoms with Gasteiger partial charge in [0.2, 0.25) is 5.91 Å². The van der Waals surface area contributed by atoms with E-state index in [1.54, 1.807) is 0 Å². The third-order valence-corrected chi connectivity index (χ3v) is 4.02. The Morgan fingerprint density at radius 3 is 2.78 bits per heavy atom. The van der Waals surface area contributed by atoms with E-state index in [2.05, 4.69) is 22.2 Å². The van der Waals surface area contributed by atoms with Gasteiger partial charge in [-0.25, -0.2) is 4.68 Å². The molecule has 5 nitrogen and oxygen atoms in total. The highest BCUT2D eigenvalue weighted by Crippen LogP contribution is 2.37. The van der Waals surface area contributed by atoms with Crippen molar-refractivity contribution in [3.63, 3.8) is 0 Å². The quantitative estimate of drug-likeness (QED) is 0.869. The maximum Gasteiger partial charge on any atom is 0.244 e. The second-order valence-corrected chi connectivity index (χ2v) is 5.21. The third-order valence-electron chi connectivity index (χ3n) is 4.02. The number of anilines is 2. The molecule has 0 atom stereocenters. The minimum Gasteiger partial charge on any atom is -0.343 e. The molecule has 18 heavy (non-hydrogen) atoms. The molecule has 2 aliphatic rings. The molecule has 1 aromatic rings. The van der Waals surface area contributed by atoms with Crippen molar-refractivity contribution in [3.8, 4) is 0 Å². The molecule has 0 bridgehead atoms. The summed E-state index contributed by atoms with van der Waals surface area (Å²) in [5, 5.41) is 7.50. The molecule has 0 spiro atoms. The number of aryl methyl sites for hydroxylation is 2. The summed E-state index contributed by atoms with van der Waals surface area (Å²) in [5.41, 5.74) is 1.84. The molecule has 0 aromatic carbocycles. The van der Waals surface area contributed by atoms with Gasteiger partial charge in [0.05, 0.1) is 12.2 Å². The van der Waals surface area contributed by atoms with Gasteiger partial charge in [0.1, 0.15) is 5.69 Å². The first-order valence-corrected chi connectivity index (χ1v) is 6.84. The van der Waals surface area contributed by atoms with Gasteiger partial charge in [-0.1, -0.05) is 12.8 Å². The number of aromatic nitrogens is 2. The van der Waals surface area contributed by atoms with E-state index in [0.717, 1.165) is 23.7 Å². The van der Waals surface area contributed by atoms with Crippen LogP contribution in [0.2, 0.25) is 0 Å². The van der Waals surface area contributed by atoms with E-state index in [1.165, 1.54) is 25.7 Å². The van der Waals surface area contributed by atoms with Crippen LogP contribution >= 0.6 is 0 Å². The number of hydrogen-bond donors (Lipinski definition) is 1. The molecule has 2 heterocycles. The van der Waals surface area contributed by atoms with Crippen LogP contribution in [0.1, 0.15) is 38.3 Å². The van der Waals surface area contributed by atoms with Crippen molar-refractivity contribution in [1.82, 2.24) is 9.78 Å². The number of nitrogens with one attached hydrogen (secondary N) is 1. The van der Waals surface area contributed by atoms with Gasteiger partial charge < -0.3 is 10.2 Å². The molecule has 1 aliphatic heterocycles. The van der Waals surface area contributed by atoms with E-state index in [9.17, 15) is 4.79 Å². The highest BCUT2D eigenvalue weighted by molar-refractivity contribution is 6.01. The fourth-order valence-corrected chi connectivity index (χ4v) is 3.15. The van der Waals surface area contributed by atoms with Gasteiger partial charge in [0.25, 0.3) is 0 Å². The lowest BCUT2D eigenvalue weighted by molar-refractivity contribution is -0.115. The minimum atomic E-state index is 0.0909. The van der Waals surface area contributed by atoms with E-state index in [-0.39, 0.29) is 5.91 Å². The fraction of sp³-hybridized carbons (Fsp3) is 0.692. The molecule has 1 aliphatic carbocycles. The number of fused-ring (bicyclic) bond motifs is 1. The van der Waals surface area contributed by atoms with Crippen molar-refractivity contribution < 1.29 is 4.79 Å². The first kappa shape index (κ1) is 11.6. The van der Waals surface area contributed by atoms with Gasteiger partial charge in [-0.2, -0.15) is 5.10 Å². The normalized spacial score (nSPS) is 20.1. The number of hydrogen-bond acceptors (Lipinski definition) is 3. The van der Waals surface area contributed by atoms with Crippen LogP contribution in [0, 0.1) is 6.92 Å². The molecule has 0 unspecified atom stereocenters. The number of carbonyl (C=O) groups is 1. The summed E-state index contributed by atoms with van der Waals surface area (Å²) in [5.74, 6) is 1.20. The molecule has 5 heteroatoms. The molecule has 0 radical (unpaired) electrons. The summed E-state index contributed by atoms with van der Waals surface area (Å²) in [6, 6.07) is 0.510. The standard InChI is InChI=1S/C13H20N4O/c1-3-17-13-12(9(2)15-17)14-11(18)8-16(13)10-6-4-5-7-10/h10H,3-8H2,1-2H3,(H,14,18). The third kappa shape index (κ3) is 1.69. The van der Waals surface area contributed by atoms with Gasteiger partial charge in [0, 0.05) is 12.6 Å². The average Bonchev–Trinajstić information content (AvgIpc) is 2.97. The molecule has 1 N–H and O–H groups in total. The van der Waals surface area contributed by atoms with Crippen molar-refractivity contribution in [2.45, 2.75) is 52.1 Å². The number of nitrogens with zero attached hydrogens (tertiary/aromatic N) is 3. The van der Waals surface area contributed by atoms with Gasteiger partial charge in [-0.3, -0.25) is 4.79 Å². The summed E-state index contributed by atoms with van der Waals surface area (Å²) >= 11 is 0. The SMILES string of the molecule is CCn1nc(C)c2c1N(C1CCCC1)CC(=O)N2. The van der Waals surface area contributed by atoms with Crippen LogP contribution in [0.4, 0.5) is 11.5 Å². The molecular formula is C13H20N4O. The van der Waals surface area contributed by atoms with Crippen molar-refractivity contribution in [1.29, 1.82) is 0 Å². The molecule has 98 valence electrons. The monoisotopic (exact) mass is 248 g/mol. The number of rotatable bonds is 2. The Kier molecular flexibility index (Phi) is 2.76. The van der Waals surface area contributed by atoms with E-state index in [1.807, 2.05) is 11.6 Å². The van der Waals surface area contributed by atoms with Crippen LogP contribution in [0.15, 0.2) is 0 Å². The van der Waals surface area contributed by atoms with Crippen molar-refractivity contribution in [2.75, 3.05) is 16.8 Å². The topological polar surface area (TPSA) is 50.2 Å². The lowest BCUT2D eigenvalue weighted by Gasteiger charge is -2.34. The van der Waals surface area contributed by atoms with Crippen molar-refractivity contribution in [2.24, 2.45) is 0 Å². The second kappa shape index (κ2) is 4.30. The second-order valence-electron chi connectivity index (χ2n) is 5.21. The molecule has 3 rings (SSSR count). The zero-order valence-electron chi connectivity index (χ0n) is 11.1. The van der Waals surface area contributed by atoms with Crippen LogP contribution in [0.25, 0.3) is 0 Å². The summed E-state index contributed by atoms with van der Waals surface area (Å²) < 4.78 is 2.02. The maximum absolute atomic E-state index is 11.9. The lowest BCUT2D eigenvalue weighted by Crippen LogP contribution is -2.44. The Bertz CT molecular complexity index is 474. The first-order chi connectivity index (χ1) is 8.70. The largest absolute Gasteiger partial charge is 0.343 e. The van der Waals surface area contributed by atoms with Crippen LogP contribution < -0.4 is 10.2 Å². The van der Waals surface area contributed by atoms with Crippen molar-refractivity contribution in [3.05, 3.63) is 5.69 Å². The number of amides is 1. The Morgan fingerprint density at radius 1 is 1.39 bits per heavy atom. The zero-order chi connectivity index (χ0) is 12.7. The Hall–Kier alpha value is -1.52. The molecule has 0 saturated heterocycles. The molecular weight excluding hydrogens is 228 g/mol. The Morgan fingerprint density at radius 2 is 2.11 bits per heavy atom. The summed E-state index contributed by atoms with van der Waals surface area (Å²) in [7, 11) is 0. The van der Waals surface area contributed by atoms with Gasteiger partial charge in [-0.05, 0) is 26.7 Å². The van der Waals surface area contributed by atoms with Crippen LogP contribution in [-0.4, -0.2) is 28.3 Å². The number of carbonyl (C=O) groups excluding carboxylic acids is 1. The predicted octanol–water partition coefficient (Wildman–Crippen LogP) is 1.91. The van der Waals surface area contributed by atoms with E-state index in [4.69, 9.17) is 0 Å². The van der Waals surface area contributed by atoms with Gasteiger partial charge in [-0.15, -0.1) is 0 Å². The Balaban J connectivity index is 2.04. The first-order valence-electron chi connectivity index (χ1n) is 6.84. The van der Waals surface area contributed by atoms with Crippen LogP contribution in [0.3, 0.4) is 0 Å². The smallest absolute Gasteiger partial charge is 0.244 e. The highest BCUT2D eigenvalue weighted by atomic mass is 16.2.